The first kappa shape index (κ1) is 24.7. The summed E-state index contributed by atoms with van der Waals surface area (Å²) in [5.41, 5.74) is 1.42. The van der Waals surface area contributed by atoms with Crippen molar-refractivity contribution in [1.29, 1.82) is 0 Å². The Hall–Kier alpha value is -1.34. The van der Waals surface area contributed by atoms with Crippen molar-refractivity contribution in [2.45, 2.75) is 38.5 Å². The molecule has 6 nitrogen and oxygen atoms in total. The van der Waals surface area contributed by atoms with Crippen LogP contribution in [-0.4, -0.2) is 49.4 Å². The quantitative estimate of drug-likeness (QED) is 0.591. The van der Waals surface area contributed by atoms with Gasteiger partial charge >= 0.3 is 0 Å². The highest BCUT2D eigenvalue weighted by Gasteiger charge is 2.20. The van der Waals surface area contributed by atoms with Gasteiger partial charge in [0.1, 0.15) is 0 Å². The van der Waals surface area contributed by atoms with E-state index in [1.165, 1.54) is 38.5 Å². The van der Waals surface area contributed by atoms with Gasteiger partial charge in [-0.15, -0.1) is 24.8 Å². The van der Waals surface area contributed by atoms with Crippen LogP contribution in [0.2, 0.25) is 0 Å². The van der Waals surface area contributed by atoms with E-state index in [2.05, 4.69) is 20.9 Å². The Labute approximate surface area is 180 Å². The van der Waals surface area contributed by atoms with Gasteiger partial charge in [0, 0.05) is 11.4 Å². The predicted molar refractivity (Wildman–Crippen MR) is 119 cm³/mol. The second kappa shape index (κ2) is 13.0. The van der Waals surface area contributed by atoms with Gasteiger partial charge in [0.2, 0.25) is 11.8 Å². The molecule has 1 aliphatic heterocycles. The highest BCUT2D eigenvalue weighted by atomic mass is 35.5. The maximum absolute atomic E-state index is 12.3. The van der Waals surface area contributed by atoms with E-state index in [0.29, 0.717) is 24.5 Å². The summed E-state index contributed by atoms with van der Waals surface area (Å²) in [6, 6.07) is 7.33. The first-order chi connectivity index (χ1) is 12.7. The fraction of sp³-hybridized carbons (Fsp3) is 0.600. The molecule has 3 rings (SSSR count). The lowest BCUT2D eigenvalue weighted by molar-refractivity contribution is -0.117. The molecule has 158 valence electrons. The molecule has 1 saturated heterocycles. The largest absolute Gasteiger partial charge is 0.325 e. The number of carbonyl (C=O) groups excluding carboxylic acids is 2. The van der Waals surface area contributed by atoms with Gasteiger partial charge in [-0.2, -0.15) is 0 Å². The van der Waals surface area contributed by atoms with Gasteiger partial charge < -0.3 is 16.0 Å². The first-order valence-electron chi connectivity index (χ1n) is 9.82. The van der Waals surface area contributed by atoms with Crippen LogP contribution in [0.15, 0.2) is 24.3 Å². The maximum Gasteiger partial charge on any atom is 0.238 e. The summed E-state index contributed by atoms with van der Waals surface area (Å²) >= 11 is 0. The normalized spacial score (nSPS) is 16.9. The smallest absolute Gasteiger partial charge is 0.238 e. The Kier molecular flexibility index (Phi) is 11.5. The van der Waals surface area contributed by atoms with Crippen molar-refractivity contribution < 1.29 is 9.59 Å². The van der Waals surface area contributed by atoms with E-state index in [0.717, 1.165) is 25.6 Å². The van der Waals surface area contributed by atoms with E-state index in [9.17, 15) is 9.59 Å². The lowest BCUT2D eigenvalue weighted by atomic mass is 10.2. The van der Waals surface area contributed by atoms with Gasteiger partial charge in [-0.25, -0.2) is 0 Å². The molecule has 1 aromatic rings. The lowest BCUT2D eigenvalue weighted by Gasteiger charge is -2.19. The molecule has 1 saturated carbocycles. The zero-order valence-corrected chi connectivity index (χ0v) is 17.9. The van der Waals surface area contributed by atoms with Crippen molar-refractivity contribution >= 4 is 48.0 Å². The highest BCUT2D eigenvalue weighted by Crippen LogP contribution is 2.27. The van der Waals surface area contributed by atoms with Crippen LogP contribution in [0, 0.1) is 5.92 Å². The summed E-state index contributed by atoms with van der Waals surface area (Å²) in [5.74, 6) is 0.700. The minimum absolute atomic E-state index is 0. The van der Waals surface area contributed by atoms with Crippen LogP contribution >= 0.6 is 24.8 Å². The molecule has 2 amide bonds. The number of halogens is 2. The number of rotatable bonds is 8. The zero-order chi connectivity index (χ0) is 18.2. The van der Waals surface area contributed by atoms with Crippen molar-refractivity contribution in [3.63, 3.8) is 0 Å². The summed E-state index contributed by atoms with van der Waals surface area (Å²) in [4.78, 5) is 26.5. The van der Waals surface area contributed by atoms with Crippen molar-refractivity contribution in [2.24, 2.45) is 5.92 Å². The van der Waals surface area contributed by atoms with E-state index in [1.54, 1.807) is 6.07 Å². The first-order valence-corrected chi connectivity index (χ1v) is 9.82. The number of anilines is 2. The second-order valence-electron chi connectivity index (χ2n) is 7.44. The maximum atomic E-state index is 12.3. The predicted octanol–water partition coefficient (Wildman–Crippen LogP) is 3.28. The third kappa shape index (κ3) is 9.24. The van der Waals surface area contributed by atoms with E-state index >= 15 is 0 Å². The fourth-order valence-corrected chi connectivity index (χ4v) is 3.29. The van der Waals surface area contributed by atoms with E-state index < -0.39 is 0 Å². The third-order valence-electron chi connectivity index (χ3n) is 4.91. The minimum Gasteiger partial charge on any atom is -0.325 e. The number of nitrogens with one attached hydrogen (secondary N) is 3. The van der Waals surface area contributed by atoms with Crippen molar-refractivity contribution in [3.8, 4) is 0 Å². The molecule has 0 unspecified atom stereocenters. The van der Waals surface area contributed by atoms with Gasteiger partial charge in [-0.1, -0.05) is 18.9 Å². The Balaban J connectivity index is 0.00000196. The number of carbonyl (C=O) groups is 2. The molecule has 28 heavy (non-hydrogen) atoms. The van der Waals surface area contributed by atoms with Crippen LogP contribution in [-0.2, 0) is 9.59 Å². The number of likely N-dealkylation sites (tertiary alicyclic amines) is 1. The van der Waals surface area contributed by atoms with Gasteiger partial charge in [0.15, 0.2) is 0 Å². The third-order valence-corrected chi connectivity index (χ3v) is 4.91. The summed E-state index contributed by atoms with van der Waals surface area (Å²) < 4.78 is 0. The van der Waals surface area contributed by atoms with Crippen molar-refractivity contribution in [1.82, 2.24) is 10.2 Å². The van der Waals surface area contributed by atoms with Crippen LogP contribution in [0.4, 0.5) is 11.4 Å². The molecule has 1 heterocycles. The number of hydrogen-bond acceptors (Lipinski definition) is 4. The zero-order valence-electron chi connectivity index (χ0n) is 16.2. The topological polar surface area (TPSA) is 73.5 Å². The van der Waals surface area contributed by atoms with E-state index in [1.807, 2.05) is 18.2 Å². The monoisotopic (exact) mass is 430 g/mol. The van der Waals surface area contributed by atoms with Crippen LogP contribution < -0.4 is 16.0 Å². The number of hydrogen-bond donors (Lipinski definition) is 3. The molecule has 0 bridgehead atoms. The molecule has 0 aromatic heterocycles. The molecule has 1 aromatic carbocycles. The minimum atomic E-state index is -0.0568. The van der Waals surface area contributed by atoms with Gasteiger partial charge in [0.05, 0.1) is 13.1 Å². The van der Waals surface area contributed by atoms with Crippen LogP contribution in [0.1, 0.15) is 38.5 Å². The molecule has 2 fully saturated rings. The molecule has 8 heteroatoms. The van der Waals surface area contributed by atoms with Crippen LogP contribution in [0.5, 0.6) is 0 Å². The Morgan fingerprint density at radius 1 is 0.929 bits per heavy atom. The highest BCUT2D eigenvalue weighted by molar-refractivity contribution is 5.95. The molecule has 2 aliphatic rings. The SMILES string of the molecule is Cl.Cl.O=C(CNCC1CC1)Nc1cccc(NC(=O)CN2CCCCCC2)c1. The number of benzene rings is 1. The molecule has 3 N–H and O–H groups in total. The van der Waals surface area contributed by atoms with Crippen molar-refractivity contribution in [3.05, 3.63) is 24.3 Å². The summed E-state index contributed by atoms with van der Waals surface area (Å²) in [6.45, 7) is 3.67. The average molecular weight is 431 g/mol. The number of nitrogens with zero attached hydrogens (tertiary/aromatic N) is 1. The lowest BCUT2D eigenvalue weighted by Crippen LogP contribution is -2.34. The molecule has 1 aliphatic carbocycles. The molecule has 0 spiro atoms. The molecular formula is C20H32Cl2N4O2. The van der Waals surface area contributed by atoms with Crippen molar-refractivity contribution in [2.75, 3.05) is 43.4 Å². The Morgan fingerprint density at radius 2 is 1.54 bits per heavy atom. The van der Waals surface area contributed by atoms with E-state index in [4.69, 9.17) is 0 Å². The molecule has 0 atom stereocenters. The number of amides is 2. The summed E-state index contributed by atoms with van der Waals surface area (Å²) in [7, 11) is 0. The van der Waals surface area contributed by atoms with Crippen LogP contribution in [0.3, 0.4) is 0 Å². The average Bonchev–Trinajstić information content (AvgIpc) is 3.43. The molecular weight excluding hydrogens is 399 g/mol. The second-order valence-corrected chi connectivity index (χ2v) is 7.44. The summed E-state index contributed by atoms with van der Waals surface area (Å²) in [5, 5.41) is 9.00. The Morgan fingerprint density at radius 3 is 2.14 bits per heavy atom. The Bertz CT molecular complexity index is 618. The standard InChI is InChI=1S/C20H30N4O2.2ClH/c25-19(14-21-13-16-8-9-16)22-17-6-5-7-18(12-17)23-20(26)15-24-10-3-1-2-4-11-24;;/h5-7,12,16,21H,1-4,8-11,13-15H2,(H,22,25)(H,23,26);2*1H. The molecule has 0 radical (unpaired) electrons. The van der Waals surface area contributed by atoms with Gasteiger partial charge in [0.25, 0.3) is 0 Å². The van der Waals surface area contributed by atoms with Gasteiger partial charge in [-0.3, -0.25) is 14.5 Å². The van der Waals surface area contributed by atoms with E-state index in [-0.39, 0.29) is 36.6 Å². The van der Waals surface area contributed by atoms with Gasteiger partial charge in [-0.05, 0) is 69.4 Å². The fourth-order valence-electron chi connectivity index (χ4n) is 3.29. The van der Waals surface area contributed by atoms with Crippen LogP contribution in [0.25, 0.3) is 0 Å². The summed E-state index contributed by atoms with van der Waals surface area (Å²) in [6.07, 6.45) is 7.40.